The molecule has 0 saturated carbocycles. The predicted molar refractivity (Wildman–Crippen MR) is 87.5 cm³/mol. The zero-order chi connectivity index (χ0) is 14.6. The van der Waals surface area contributed by atoms with Crippen LogP contribution in [-0.4, -0.2) is 18.5 Å². The molecule has 2 aromatic carbocycles. The third-order valence-corrected chi connectivity index (χ3v) is 3.13. The van der Waals surface area contributed by atoms with Crippen LogP contribution in [0.25, 0.3) is 10.8 Å². The fourth-order valence-corrected chi connectivity index (χ4v) is 2.22. The van der Waals surface area contributed by atoms with Crippen LogP contribution < -0.4 is 0 Å². The van der Waals surface area contributed by atoms with E-state index in [-0.39, 0.29) is 5.41 Å². The van der Waals surface area contributed by atoms with Crippen LogP contribution in [-0.2, 0) is 6.54 Å². The standard InChI is InChI=1S/C19H23N/c1-19(2,3)13-8-14-20(4)15-17-11-7-10-16-9-5-6-12-18(16)17/h5-7,9-12H,14-15H2,1-4H3. The minimum atomic E-state index is 0.0836. The predicted octanol–water partition coefficient (Wildman–Crippen LogP) is 4.32. The Morgan fingerprint density at radius 2 is 1.70 bits per heavy atom. The molecule has 2 rings (SSSR count). The molecule has 0 fully saturated rings. The minimum absolute atomic E-state index is 0.0836. The Labute approximate surface area is 122 Å². The first-order chi connectivity index (χ1) is 9.46. The highest BCUT2D eigenvalue weighted by atomic mass is 15.1. The van der Waals surface area contributed by atoms with Gasteiger partial charge in [0.2, 0.25) is 0 Å². The Morgan fingerprint density at radius 3 is 2.45 bits per heavy atom. The number of fused-ring (bicyclic) bond motifs is 1. The number of hydrogen-bond donors (Lipinski definition) is 0. The molecule has 1 nitrogen and oxygen atoms in total. The monoisotopic (exact) mass is 265 g/mol. The molecule has 0 heterocycles. The van der Waals surface area contributed by atoms with Crippen LogP contribution in [0.4, 0.5) is 0 Å². The topological polar surface area (TPSA) is 3.24 Å². The van der Waals surface area contributed by atoms with Crippen molar-refractivity contribution in [2.45, 2.75) is 27.3 Å². The average molecular weight is 265 g/mol. The van der Waals surface area contributed by atoms with E-state index in [4.69, 9.17) is 0 Å². The van der Waals surface area contributed by atoms with Gasteiger partial charge in [-0.3, -0.25) is 4.90 Å². The first-order valence-corrected chi connectivity index (χ1v) is 7.11. The molecule has 1 heteroatoms. The molecular weight excluding hydrogens is 242 g/mol. The number of hydrogen-bond acceptors (Lipinski definition) is 1. The molecule has 0 aliphatic rings. The van der Waals surface area contributed by atoms with Crippen molar-refractivity contribution in [2.24, 2.45) is 5.41 Å². The average Bonchev–Trinajstić information content (AvgIpc) is 2.37. The largest absolute Gasteiger partial charge is 0.291 e. The molecule has 0 unspecified atom stereocenters. The Balaban J connectivity index is 2.10. The summed E-state index contributed by atoms with van der Waals surface area (Å²) in [6.07, 6.45) is 0. The van der Waals surface area contributed by atoms with E-state index in [2.05, 4.69) is 87.0 Å². The third kappa shape index (κ3) is 4.11. The van der Waals surface area contributed by atoms with Crippen LogP contribution in [0.3, 0.4) is 0 Å². The molecular formula is C19H23N. The molecule has 20 heavy (non-hydrogen) atoms. The molecule has 0 N–H and O–H groups in total. The maximum atomic E-state index is 3.28. The zero-order valence-electron chi connectivity index (χ0n) is 12.9. The van der Waals surface area contributed by atoms with Crippen molar-refractivity contribution in [3.8, 4) is 11.8 Å². The first-order valence-electron chi connectivity index (χ1n) is 7.11. The van der Waals surface area contributed by atoms with Gasteiger partial charge in [0.05, 0.1) is 6.54 Å². The van der Waals surface area contributed by atoms with Gasteiger partial charge in [-0.2, -0.15) is 0 Å². The van der Waals surface area contributed by atoms with Crippen LogP contribution in [0.2, 0.25) is 0 Å². The van der Waals surface area contributed by atoms with Gasteiger partial charge in [-0.25, -0.2) is 0 Å². The Hall–Kier alpha value is -1.78. The number of benzene rings is 2. The van der Waals surface area contributed by atoms with Crippen molar-refractivity contribution < 1.29 is 0 Å². The van der Waals surface area contributed by atoms with Crippen molar-refractivity contribution >= 4 is 10.8 Å². The summed E-state index contributed by atoms with van der Waals surface area (Å²) < 4.78 is 0. The minimum Gasteiger partial charge on any atom is -0.291 e. The smallest absolute Gasteiger partial charge is 0.0602 e. The van der Waals surface area contributed by atoms with E-state index < -0.39 is 0 Å². The van der Waals surface area contributed by atoms with E-state index in [1.165, 1.54) is 16.3 Å². The second-order valence-corrected chi connectivity index (χ2v) is 6.36. The summed E-state index contributed by atoms with van der Waals surface area (Å²) in [5.74, 6) is 6.55. The van der Waals surface area contributed by atoms with E-state index in [1.807, 2.05) is 0 Å². The van der Waals surface area contributed by atoms with Gasteiger partial charge in [0.25, 0.3) is 0 Å². The molecule has 0 saturated heterocycles. The van der Waals surface area contributed by atoms with Gasteiger partial charge >= 0.3 is 0 Å². The quantitative estimate of drug-likeness (QED) is 0.747. The molecule has 0 aliphatic heterocycles. The Morgan fingerprint density at radius 1 is 1.00 bits per heavy atom. The van der Waals surface area contributed by atoms with E-state index in [0.717, 1.165) is 13.1 Å². The molecule has 104 valence electrons. The Bertz CT molecular complexity index is 633. The molecule has 0 aromatic heterocycles. The summed E-state index contributed by atoms with van der Waals surface area (Å²) in [4.78, 5) is 2.26. The SMILES string of the molecule is CN(CC#CC(C)(C)C)Cc1cccc2ccccc12. The summed E-state index contributed by atoms with van der Waals surface area (Å²) in [5, 5.41) is 2.64. The molecule has 0 bridgehead atoms. The summed E-state index contributed by atoms with van der Waals surface area (Å²) >= 11 is 0. The van der Waals surface area contributed by atoms with Crippen LogP contribution in [0.1, 0.15) is 26.3 Å². The maximum absolute atomic E-state index is 3.28. The van der Waals surface area contributed by atoms with Crippen LogP contribution in [0.15, 0.2) is 42.5 Å². The maximum Gasteiger partial charge on any atom is 0.0602 e. The highest BCUT2D eigenvalue weighted by Crippen LogP contribution is 2.19. The van der Waals surface area contributed by atoms with Crippen LogP contribution in [0, 0.1) is 17.3 Å². The lowest BCUT2D eigenvalue weighted by Crippen LogP contribution is -2.18. The lowest BCUT2D eigenvalue weighted by molar-refractivity contribution is 0.370. The summed E-state index contributed by atoms with van der Waals surface area (Å²) in [6.45, 7) is 8.17. The molecule has 0 atom stereocenters. The van der Waals surface area contributed by atoms with Gasteiger partial charge in [0.1, 0.15) is 0 Å². The van der Waals surface area contributed by atoms with E-state index in [1.54, 1.807) is 0 Å². The lowest BCUT2D eigenvalue weighted by atomic mass is 9.98. The second kappa shape index (κ2) is 6.11. The number of nitrogens with zero attached hydrogens (tertiary/aromatic N) is 1. The van der Waals surface area contributed by atoms with Gasteiger partial charge in [0, 0.05) is 12.0 Å². The van der Waals surface area contributed by atoms with Gasteiger partial charge < -0.3 is 0 Å². The normalized spacial score (nSPS) is 11.4. The van der Waals surface area contributed by atoms with E-state index in [0.29, 0.717) is 0 Å². The highest BCUT2D eigenvalue weighted by molar-refractivity contribution is 5.85. The van der Waals surface area contributed by atoms with Gasteiger partial charge in [-0.1, -0.05) is 54.3 Å². The van der Waals surface area contributed by atoms with Crippen LogP contribution in [0.5, 0.6) is 0 Å². The van der Waals surface area contributed by atoms with Gasteiger partial charge in [-0.15, -0.1) is 0 Å². The van der Waals surface area contributed by atoms with Crippen LogP contribution >= 0.6 is 0 Å². The highest BCUT2D eigenvalue weighted by Gasteiger charge is 2.05. The molecule has 0 radical (unpaired) electrons. The summed E-state index contributed by atoms with van der Waals surface area (Å²) in [6, 6.07) is 15.0. The summed E-state index contributed by atoms with van der Waals surface area (Å²) in [7, 11) is 2.12. The molecule has 0 amide bonds. The second-order valence-electron chi connectivity index (χ2n) is 6.36. The molecule has 2 aromatic rings. The van der Waals surface area contributed by atoms with Crippen molar-refractivity contribution in [1.29, 1.82) is 0 Å². The van der Waals surface area contributed by atoms with Crippen molar-refractivity contribution in [2.75, 3.05) is 13.6 Å². The van der Waals surface area contributed by atoms with E-state index in [9.17, 15) is 0 Å². The van der Waals surface area contributed by atoms with Crippen molar-refractivity contribution in [1.82, 2.24) is 4.90 Å². The molecule has 0 aliphatic carbocycles. The zero-order valence-corrected chi connectivity index (χ0v) is 12.9. The van der Waals surface area contributed by atoms with Gasteiger partial charge in [-0.05, 0) is 44.2 Å². The fraction of sp³-hybridized carbons (Fsp3) is 0.368. The first kappa shape index (κ1) is 14.6. The third-order valence-electron chi connectivity index (χ3n) is 3.13. The van der Waals surface area contributed by atoms with Gasteiger partial charge in [0.15, 0.2) is 0 Å². The number of rotatable bonds is 3. The van der Waals surface area contributed by atoms with Crippen molar-refractivity contribution in [3.63, 3.8) is 0 Å². The summed E-state index contributed by atoms with van der Waals surface area (Å²) in [5.41, 5.74) is 1.45. The van der Waals surface area contributed by atoms with Crippen molar-refractivity contribution in [3.05, 3.63) is 48.0 Å². The van der Waals surface area contributed by atoms with E-state index >= 15 is 0 Å². The fourth-order valence-electron chi connectivity index (χ4n) is 2.22. The molecule has 0 spiro atoms. The Kier molecular flexibility index (Phi) is 4.47. The lowest BCUT2D eigenvalue weighted by Gasteiger charge is -2.15.